The van der Waals surface area contributed by atoms with Crippen LogP contribution in [-0.2, 0) is 24.1 Å². The van der Waals surface area contributed by atoms with Gasteiger partial charge < -0.3 is 9.73 Å². The highest BCUT2D eigenvalue weighted by molar-refractivity contribution is 6.30. The highest BCUT2D eigenvalue weighted by Crippen LogP contribution is 2.24. The minimum absolute atomic E-state index is 0.0307. The van der Waals surface area contributed by atoms with Crippen LogP contribution in [0.3, 0.4) is 0 Å². The average Bonchev–Trinajstić information content (AvgIpc) is 3.16. The molecular formula is C22H23ClN2O2. The predicted molar refractivity (Wildman–Crippen MR) is 109 cm³/mol. The van der Waals surface area contributed by atoms with Crippen LogP contribution in [0.1, 0.15) is 37.3 Å². The van der Waals surface area contributed by atoms with Crippen molar-refractivity contribution >= 4 is 23.2 Å². The molecule has 5 heteroatoms. The lowest BCUT2D eigenvalue weighted by Gasteiger charge is -2.14. The maximum Gasteiger partial charge on any atom is 0.224 e. The second kappa shape index (κ2) is 8.87. The van der Waals surface area contributed by atoms with Gasteiger partial charge in [-0.1, -0.05) is 43.6 Å². The molecule has 1 N–H and O–H groups in total. The van der Waals surface area contributed by atoms with Crippen molar-refractivity contribution in [2.45, 2.75) is 39.5 Å². The number of carbonyl (C=O) groups is 1. The molecule has 27 heavy (non-hydrogen) atoms. The first-order valence-corrected chi connectivity index (χ1v) is 9.59. The number of anilines is 1. The van der Waals surface area contributed by atoms with E-state index in [0.29, 0.717) is 29.5 Å². The summed E-state index contributed by atoms with van der Waals surface area (Å²) < 4.78 is 5.77. The van der Waals surface area contributed by atoms with E-state index in [4.69, 9.17) is 16.0 Å². The number of nitrogens with zero attached hydrogens (tertiary/aromatic N) is 1. The number of halogens is 1. The molecule has 0 saturated heterocycles. The van der Waals surface area contributed by atoms with Crippen LogP contribution in [0.5, 0.6) is 0 Å². The van der Waals surface area contributed by atoms with E-state index in [9.17, 15) is 4.79 Å². The molecule has 0 bridgehead atoms. The van der Waals surface area contributed by atoms with Crippen molar-refractivity contribution in [3.63, 3.8) is 0 Å². The highest BCUT2D eigenvalue weighted by Gasteiger charge is 2.12. The van der Waals surface area contributed by atoms with E-state index in [0.717, 1.165) is 35.2 Å². The normalized spacial score (nSPS) is 10.8. The Morgan fingerprint density at radius 1 is 1.07 bits per heavy atom. The summed E-state index contributed by atoms with van der Waals surface area (Å²) in [4.78, 5) is 16.7. The zero-order valence-electron chi connectivity index (χ0n) is 15.6. The van der Waals surface area contributed by atoms with Crippen molar-refractivity contribution in [3.8, 4) is 11.3 Å². The lowest BCUT2D eigenvalue weighted by molar-refractivity contribution is -0.116. The van der Waals surface area contributed by atoms with Crippen LogP contribution >= 0.6 is 11.6 Å². The molecule has 3 aromatic rings. The van der Waals surface area contributed by atoms with Gasteiger partial charge in [-0.05, 0) is 48.2 Å². The monoisotopic (exact) mass is 382 g/mol. The third-order valence-corrected chi connectivity index (χ3v) is 4.76. The number of amides is 1. The van der Waals surface area contributed by atoms with Crippen LogP contribution in [0.15, 0.2) is 53.1 Å². The molecule has 140 valence electrons. The van der Waals surface area contributed by atoms with Crippen LogP contribution in [0, 0.1) is 0 Å². The predicted octanol–water partition coefficient (Wildman–Crippen LogP) is 5.69. The highest BCUT2D eigenvalue weighted by atomic mass is 35.5. The van der Waals surface area contributed by atoms with Crippen LogP contribution in [0.2, 0.25) is 5.02 Å². The summed E-state index contributed by atoms with van der Waals surface area (Å²) in [5, 5.41) is 3.75. The van der Waals surface area contributed by atoms with Crippen molar-refractivity contribution in [2.75, 3.05) is 5.32 Å². The van der Waals surface area contributed by atoms with Gasteiger partial charge in [0.15, 0.2) is 11.7 Å². The molecule has 0 aliphatic rings. The Labute approximate surface area is 164 Å². The molecule has 0 unspecified atom stereocenters. The Bertz CT molecular complexity index is 894. The number of benzene rings is 2. The number of aromatic nitrogens is 1. The molecule has 0 saturated carbocycles. The largest absolute Gasteiger partial charge is 0.441 e. The van der Waals surface area contributed by atoms with Gasteiger partial charge in [0.25, 0.3) is 0 Å². The van der Waals surface area contributed by atoms with Gasteiger partial charge in [-0.15, -0.1) is 0 Å². The van der Waals surface area contributed by atoms with E-state index in [1.54, 1.807) is 6.20 Å². The zero-order valence-corrected chi connectivity index (χ0v) is 16.3. The molecule has 0 radical (unpaired) electrons. The molecule has 0 aliphatic heterocycles. The van der Waals surface area contributed by atoms with Crippen molar-refractivity contribution in [1.29, 1.82) is 0 Å². The van der Waals surface area contributed by atoms with Crippen LogP contribution in [0.25, 0.3) is 11.3 Å². The summed E-state index contributed by atoms with van der Waals surface area (Å²) in [5.74, 6) is 1.19. The maximum atomic E-state index is 12.4. The summed E-state index contributed by atoms with van der Waals surface area (Å²) in [6, 6.07) is 13.5. The first kappa shape index (κ1) is 19.2. The molecule has 3 rings (SSSR count). The fourth-order valence-electron chi connectivity index (χ4n) is 3.00. The third kappa shape index (κ3) is 4.77. The average molecular weight is 383 g/mol. The number of para-hydroxylation sites is 1. The van der Waals surface area contributed by atoms with E-state index >= 15 is 0 Å². The van der Waals surface area contributed by atoms with Crippen molar-refractivity contribution in [3.05, 3.63) is 70.7 Å². The molecule has 0 fully saturated rings. The molecule has 0 atom stereocenters. The van der Waals surface area contributed by atoms with E-state index in [2.05, 4.69) is 36.3 Å². The Kier molecular flexibility index (Phi) is 6.30. The number of aryl methyl sites for hydroxylation is 3. The van der Waals surface area contributed by atoms with E-state index < -0.39 is 0 Å². The van der Waals surface area contributed by atoms with Crippen LogP contribution < -0.4 is 5.32 Å². The SMILES string of the molecule is CCc1cccc(CC)c1NC(=O)CCc1ncc(-c2ccc(Cl)cc2)o1. The lowest BCUT2D eigenvalue weighted by atomic mass is 10.0. The zero-order chi connectivity index (χ0) is 19.2. The molecule has 0 aliphatic carbocycles. The van der Waals surface area contributed by atoms with Gasteiger partial charge in [-0.3, -0.25) is 4.79 Å². The first-order chi connectivity index (χ1) is 13.1. The van der Waals surface area contributed by atoms with Crippen molar-refractivity contribution in [1.82, 2.24) is 4.98 Å². The quantitative estimate of drug-likeness (QED) is 0.571. The van der Waals surface area contributed by atoms with Crippen LogP contribution in [0.4, 0.5) is 5.69 Å². The van der Waals surface area contributed by atoms with E-state index in [1.165, 1.54) is 0 Å². The molecule has 4 nitrogen and oxygen atoms in total. The fraction of sp³-hybridized carbons (Fsp3) is 0.273. The second-order valence-electron chi connectivity index (χ2n) is 6.33. The third-order valence-electron chi connectivity index (χ3n) is 4.51. The summed E-state index contributed by atoms with van der Waals surface area (Å²) in [6.07, 6.45) is 4.22. The minimum atomic E-state index is -0.0307. The number of hydrogen-bond acceptors (Lipinski definition) is 3. The van der Waals surface area contributed by atoms with E-state index in [1.807, 2.05) is 30.3 Å². The van der Waals surface area contributed by atoms with Gasteiger partial charge >= 0.3 is 0 Å². The molecule has 1 aromatic heterocycles. The molecule has 1 heterocycles. The number of nitrogens with one attached hydrogen (secondary N) is 1. The van der Waals surface area contributed by atoms with Gasteiger partial charge in [0, 0.05) is 29.1 Å². The fourth-order valence-corrected chi connectivity index (χ4v) is 3.12. The molecule has 2 aromatic carbocycles. The van der Waals surface area contributed by atoms with Gasteiger partial charge in [0.1, 0.15) is 0 Å². The van der Waals surface area contributed by atoms with Gasteiger partial charge in [-0.25, -0.2) is 4.98 Å². The summed E-state index contributed by atoms with van der Waals surface area (Å²) in [5.41, 5.74) is 4.17. The molecule has 0 spiro atoms. The molecular weight excluding hydrogens is 360 g/mol. The number of carbonyl (C=O) groups excluding carboxylic acids is 1. The molecule has 1 amide bonds. The Morgan fingerprint density at radius 3 is 2.37 bits per heavy atom. The number of hydrogen-bond donors (Lipinski definition) is 1. The Hall–Kier alpha value is -2.59. The van der Waals surface area contributed by atoms with Crippen molar-refractivity contribution < 1.29 is 9.21 Å². The minimum Gasteiger partial charge on any atom is -0.441 e. The van der Waals surface area contributed by atoms with Gasteiger partial charge in [-0.2, -0.15) is 0 Å². The Morgan fingerprint density at radius 2 is 1.74 bits per heavy atom. The summed E-state index contributed by atoms with van der Waals surface area (Å²) in [6.45, 7) is 4.19. The van der Waals surface area contributed by atoms with Crippen molar-refractivity contribution in [2.24, 2.45) is 0 Å². The first-order valence-electron chi connectivity index (χ1n) is 9.22. The topological polar surface area (TPSA) is 55.1 Å². The van der Waals surface area contributed by atoms with Gasteiger partial charge in [0.05, 0.1) is 6.20 Å². The summed E-state index contributed by atoms with van der Waals surface area (Å²) in [7, 11) is 0. The maximum absolute atomic E-state index is 12.4. The van der Waals surface area contributed by atoms with E-state index in [-0.39, 0.29) is 5.91 Å². The smallest absolute Gasteiger partial charge is 0.224 e. The van der Waals surface area contributed by atoms with Gasteiger partial charge in [0.2, 0.25) is 5.91 Å². The number of oxazole rings is 1. The lowest BCUT2D eigenvalue weighted by Crippen LogP contribution is -2.15. The second-order valence-corrected chi connectivity index (χ2v) is 6.77. The standard InChI is InChI=1S/C22H23ClN2O2/c1-3-15-6-5-7-16(4-2)22(15)25-20(26)12-13-21-24-14-19(27-21)17-8-10-18(23)11-9-17/h5-11,14H,3-4,12-13H2,1-2H3,(H,25,26). The number of rotatable bonds is 7. The Balaban J connectivity index is 1.63. The van der Waals surface area contributed by atoms with Crippen LogP contribution in [-0.4, -0.2) is 10.9 Å². The summed E-state index contributed by atoms with van der Waals surface area (Å²) >= 11 is 5.91.